The van der Waals surface area contributed by atoms with Crippen LogP contribution in [0.3, 0.4) is 0 Å². The van der Waals surface area contributed by atoms with Gasteiger partial charge in [0.1, 0.15) is 0 Å². The average Bonchev–Trinajstić information content (AvgIpc) is 3.04. The quantitative estimate of drug-likeness (QED) is 0.179. The van der Waals surface area contributed by atoms with Gasteiger partial charge < -0.3 is 0 Å². The molecule has 4 heteroatoms. The standard InChI is InChI=1S/C38H22S4/c1-2-12-25-23(10-1)22-24-11-7-13-26(27-14-8-20-33-37(27)41-31-18-5-3-16-29(31)39-33)35(24)36(25)28-15-9-21-34-38(28)42-32-19-6-4-17-30(32)40-34/h1-22H. The molecule has 0 bridgehead atoms. The van der Waals surface area contributed by atoms with Crippen LogP contribution in [0.15, 0.2) is 173 Å². The third-order valence-corrected chi connectivity index (χ3v) is 13.2. The summed E-state index contributed by atoms with van der Waals surface area (Å²) in [5.74, 6) is 0. The molecule has 7 aromatic rings. The van der Waals surface area contributed by atoms with E-state index in [0.717, 1.165) is 0 Å². The third-order valence-electron chi connectivity index (χ3n) is 7.97. The predicted octanol–water partition coefficient (Wildman–Crippen LogP) is 12.6. The number of benzene rings is 7. The van der Waals surface area contributed by atoms with Gasteiger partial charge >= 0.3 is 0 Å². The van der Waals surface area contributed by atoms with Crippen LogP contribution in [0, 0.1) is 0 Å². The Bertz CT molecular complexity index is 2210. The highest BCUT2D eigenvalue weighted by Gasteiger charge is 2.25. The first kappa shape index (κ1) is 25.0. The molecule has 0 saturated carbocycles. The number of hydrogen-bond donors (Lipinski definition) is 0. The second kappa shape index (κ2) is 10.0. The van der Waals surface area contributed by atoms with Gasteiger partial charge in [-0.2, -0.15) is 0 Å². The number of fused-ring (bicyclic) bond motifs is 6. The van der Waals surface area contributed by atoms with Gasteiger partial charge in [-0.05, 0) is 86.3 Å². The van der Waals surface area contributed by atoms with Crippen molar-refractivity contribution in [3.8, 4) is 22.3 Å². The van der Waals surface area contributed by atoms with Gasteiger partial charge in [-0.25, -0.2) is 0 Å². The highest BCUT2D eigenvalue weighted by molar-refractivity contribution is 8.05. The Kier molecular flexibility index (Phi) is 5.97. The van der Waals surface area contributed by atoms with Gasteiger partial charge in [0, 0.05) is 39.2 Å². The van der Waals surface area contributed by atoms with Crippen molar-refractivity contribution in [1.29, 1.82) is 0 Å². The van der Waals surface area contributed by atoms with Crippen LogP contribution in [0.2, 0.25) is 0 Å². The Balaban J connectivity index is 1.35. The van der Waals surface area contributed by atoms with Crippen molar-refractivity contribution in [3.05, 3.63) is 133 Å². The van der Waals surface area contributed by atoms with E-state index >= 15 is 0 Å². The zero-order chi connectivity index (χ0) is 27.6. The normalized spacial score (nSPS) is 13.3. The minimum absolute atomic E-state index is 1.28. The van der Waals surface area contributed by atoms with Crippen molar-refractivity contribution in [1.82, 2.24) is 0 Å². The maximum atomic E-state index is 2.37. The first-order valence-corrected chi connectivity index (χ1v) is 17.2. The number of hydrogen-bond acceptors (Lipinski definition) is 4. The smallest absolute Gasteiger partial charge is 0.0341 e. The molecule has 198 valence electrons. The zero-order valence-corrected chi connectivity index (χ0v) is 25.6. The van der Waals surface area contributed by atoms with E-state index in [-0.39, 0.29) is 0 Å². The molecule has 0 radical (unpaired) electrons. The van der Waals surface area contributed by atoms with E-state index < -0.39 is 0 Å². The van der Waals surface area contributed by atoms with E-state index in [0.29, 0.717) is 0 Å². The highest BCUT2D eigenvalue weighted by atomic mass is 32.2. The Morgan fingerprint density at radius 3 is 1.50 bits per heavy atom. The fourth-order valence-electron chi connectivity index (χ4n) is 6.13. The fourth-order valence-corrected chi connectivity index (χ4v) is 10.9. The minimum Gasteiger partial charge on any atom is -0.0877 e. The maximum Gasteiger partial charge on any atom is 0.0341 e. The topological polar surface area (TPSA) is 0 Å². The van der Waals surface area contributed by atoms with Crippen LogP contribution in [0.1, 0.15) is 0 Å². The first-order chi connectivity index (χ1) is 20.8. The van der Waals surface area contributed by atoms with Gasteiger partial charge in [0.15, 0.2) is 0 Å². The van der Waals surface area contributed by atoms with Gasteiger partial charge in [-0.1, -0.05) is 138 Å². The highest BCUT2D eigenvalue weighted by Crippen LogP contribution is 2.56. The summed E-state index contributed by atoms with van der Waals surface area (Å²) in [4.78, 5) is 10.7. The summed E-state index contributed by atoms with van der Waals surface area (Å²) in [6, 6.07) is 49.3. The lowest BCUT2D eigenvalue weighted by Crippen LogP contribution is -1.96. The van der Waals surface area contributed by atoms with E-state index in [4.69, 9.17) is 0 Å². The molecule has 2 heterocycles. The molecule has 0 amide bonds. The Morgan fingerprint density at radius 1 is 0.333 bits per heavy atom. The molecular weight excluding hydrogens is 585 g/mol. The largest absolute Gasteiger partial charge is 0.0877 e. The van der Waals surface area contributed by atoms with Crippen LogP contribution in [0.25, 0.3) is 43.8 Å². The van der Waals surface area contributed by atoms with Crippen LogP contribution >= 0.6 is 47.0 Å². The lowest BCUT2D eigenvalue weighted by atomic mass is 9.87. The van der Waals surface area contributed by atoms with Crippen LogP contribution in [0.4, 0.5) is 0 Å². The number of rotatable bonds is 2. The summed E-state index contributed by atoms with van der Waals surface area (Å²) in [5, 5.41) is 5.18. The third kappa shape index (κ3) is 3.97. The van der Waals surface area contributed by atoms with Crippen molar-refractivity contribution in [2.24, 2.45) is 0 Å². The van der Waals surface area contributed by atoms with Gasteiger partial charge in [-0.3, -0.25) is 0 Å². The Labute approximate surface area is 262 Å². The molecule has 0 aromatic heterocycles. The van der Waals surface area contributed by atoms with Crippen molar-refractivity contribution < 1.29 is 0 Å². The Hall–Kier alpha value is -3.54. The van der Waals surface area contributed by atoms with E-state index in [9.17, 15) is 0 Å². The predicted molar refractivity (Wildman–Crippen MR) is 182 cm³/mol. The molecule has 2 aliphatic rings. The molecule has 0 aliphatic carbocycles. The summed E-state index contributed by atoms with van der Waals surface area (Å²) in [5.41, 5.74) is 5.24. The Morgan fingerprint density at radius 2 is 0.810 bits per heavy atom. The van der Waals surface area contributed by atoms with Crippen molar-refractivity contribution in [3.63, 3.8) is 0 Å². The second-order valence-corrected chi connectivity index (χ2v) is 14.7. The molecule has 2 aliphatic heterocycles. The monoisotopic (exact) mass is 606 g/mol. The molecule has 42 heavy (non-hydrogen) atoms. The van der Waals surface area contributed by atoms with Gasteiger partial charge in [0.25, 0.3) is 0 Å². The first-order valence-electron chi connectivity index (χ1n) is 13.9. The molecule has 9 rings (SSSR count). The minimum atomic E-state index is 1.28. The molecule has 0 spiro atoms. The average molecular weight is 607 g/mol. The SMILES string of the molecule is c1ccc2c(c1)Sc1cccc(-c3cccc4cc5ccccc5c(-c5cccc6c5Sc5ccccc5S6)c34)c1S2. The molecule has 0 nitrogen and oxygen atoms in total. The summed E-state index contributed by atoms with van der Waals surface area (Å²) in [6.07, 6.45) is 0. The van der Waals surface area contributed by atoms with E-state index in [1.807, 2.05) is 47.0 Å². The molecular formula is C38H22S4. The summed E-state index contributed by atoms with van der Waals surface area (Å²) >= 11 is 7.59. The zero-order valence-electron chi connectivity index (χ0n) is 22.3. The molecule has 0 N–H and O–H groups in total. The second-order valence-electron chi connectivity index (χ2n) is 10.4. The fraction of sp³-hybridized carbons (Fsp3) is 0. The van der Waals surface area contributed by atoms with E-state index in [2.05, 4.69) is 133 Å². The van der Waals surface area contributed by atoms with Gasteiger partial charge in [0.05, 0.1) is 0 Å². The molecule has 0 fully saturated rings. The molecule has 0 atom stereocenters. The summed E-state index contributed by atoms with van der Waals surface area (Å²) < 4.78 is 0. The lowest BCUT2D eigenvalue weighted by Gasteiger charge is -2.24. The van der Waals surface area contributed by atoms with Crippen LogP contribution in [-0.2, 0) is 0 Å². The summed E-state index contributed by atoms with van der Waals surface area (Å²) in [7, 11) is 0. The maximum absolute atomic E-state index is 2.37. The van der Waals surface area contributed by atoms with Crippen molar-refractivity contribution >= 4 is 68.6 Å². The molecule has 7 aromatic carbocycles. The van der Waals surface area contributed by atoms with Crippen molar-refractivity contribution in [2.45, 2.75) is 39.2 Å². The van der Waals surface area contributed by atoms with Crippen LogP contribution < -0.4 is 0 Å². The van der Waals surface area contributed by atoms with Crippen molar-refractivity contribution in [2.75, 3.05) is 0 Å². The summed E-state index contributed by atoms with van der Waals surface area (Å²) in [6.45, 7) is 0. The van der Waals surface area contributed by atoms with Gasteiger partial charge in [0.2, 0.25) is 0 Å². The van der Waals surface area contributed by atoms with Gasteiger partial charge in [-0.15, -0.1) is 0 Å². The van der Waals surface area contributed by atoms with E-state index in [1.54, 1.807) is 0 Å². The molecule has 0 saturated heterocycles. The van der Waals surface area contributed by atoms with E-state index in [1.165, 1.54) is 83.0 Å². The van der Waals surface area contributed by atoms with Crippen LogP contribution in [-0.4, -0.2) is 0 Å². The molecule has 0 unspecified atom stereocenters. The van der Waals surface area contributed by atoms with Crippen LogP contribution in [0.5, 0.6) is 0 Å². The lowest BCUT2D eigenvalue weighted by molar-refractivity contribution is 1.16.